The SMILES string of the molecule is O=C1NC(=S)N/C1=C/c1ccc(N2CCCCC2)cc1. The third-order valence-electron chi connectivity index (χ3n) is 3.65. The molecule has 4 nitrogen and oxygen atoms in total. The molecule has 0 saturated carbocycles. The number of nitrogens with one attached hydrogen (secondary N) is 2. The third kappa shape index (κ3) is 2.82. The lowest BCUT2D eigenvalue weighted by atomic mass is 10.1. The lowest BCUT2D eigenvalue weighted by Gasteiger charge is -2.28. The van der Waals surface area contributed by atoms with Gasteiger partial charge in [-0.25, -0.2) is 0 Å². The van der Waals surface area contributed by atoms with Crippen LogP contribution in [0.1, 0.15) is 24.8 Å². The molecule has 3 rings (SSSR count). The molecule has 2 aliphatic rings. The van der Waals surface area contributed by atoms with Crippen LogP contribution in [0.2, 0.25) is 0 Å². The number of benzene rings is 1. The number of hydrogen-bond acceptors (Lipinski definition) is 3. The average Bonchev–Trinajstić information content (AvgIpc) is 2.79. The Balaban J connectivity index is 1.74. The second-order valence-electron chi connectivity index (χ2n) is 5.11. The molecule has 20 heavy (non-hydrogen) atoms. The first kappa shape index (κ1) is 13.1. The van der Waals surface area contributed by atoms with Gasteiger partial charge in [-0.3, -0.25) is 10.1 Å². The Hall–Kier alpha value is -1.88. The highest BCUT2D eigenvalue weighted by Crippen LogP contribution is 2.21. The van der Waals surface area contributed by atoms with Crippen molar-refractivity contribution >= 4 is 35.0 Å². The Bertz CT molecular complexity index is 559. The predicted octanol–water partition coefficient (Wildman–Crippen LogP) is 2.02. The van der Waals surface area contributed by atoms with Crippen molar-refractivity contribution in [2.24, 2.45) is 0 Å². The number of carbonyl (C=O) groups excluding carboxylic acids is 1. The number of carbonyl (C=O) groups is 1. The first-order valence-corrected chi connectivity index (χ1v) is 7.32. The minimum Gasteiger partial charge on any atom is -0.372 e. The van der Waals surface area contributed by atoms with E-state index in [1.54, 1.807) is 0 Å². The molecule has 2 heterocycles. The minimum atomic E-state index is -0.171. The van der Waals surface area contributed by atoms with Crippen LogP contribution in [-0.4, -0.2) is 24.1 Å². The van der Waals surface area contributed by atoms with E-state index < -0.39 is 0 Å². The smallest absolute Gasteiger partial charge is 0.273 e. The van der Waals surface area contributed by atoms with Crippen LogP contribution in [0, 0.1) is 0 Å². The number of amides is 1. The number of thiocarbonyl (C=S) groups is 1. The summed E-state index contributed by atoms with van der Waals surface area (Å²) in [7, 11) is 0. The summed E-state index contributed by atoms with van der Waals surface area (Å²) in [6.45, 7) is 2.28. The summed E-state index contributed by atoms with van der Waals surface area (Å²) >= 11 is 4.91. The van der Waals surface area contributed by atoms with E-state index in [-0.39, 0.29) is 5.91 Å². The number of rotatable bonds is 2. The van der Waals surface area contributed by atoms with Gasteiger partial charge >= 0.3 is 0 Å². The van der Waals surface area contributed by atoms with Gasteiger partial charge in [-0.05, 0) is 55.3 Å². The molecule has 1 aromatic carbocycles. The van der Waals surface area contributed by atoms with E-state index in [1.165, 1.54) is 24.9 Å². The van der Waals surface area contributed by atoms with Crippen LogP contribution < -0.4 is 15.5 Å². The standard InChI is InChI=1S/C15H17N3OS/c19-14-13(16-15(20)17-14)10-11-4-6-12(7-5-11)18-8-2-1-3-9-18/h4-7,10H,1-3,8-9H2,(H2,16,17,19,20)/b13-10+. The van der Waals surface area contributed by atoms with Crippen LogP contribution >= 0.6 is 12.2 Å². The van der Waals surface area contributed by atoms with Gasteiger partial charge in [0.25, 0.3) is 5.91 Å². The molecule has 0 spiro atoms. The largest absolute Gasteiger partial charge is 0.372 e. The van der Waals surface area contributed by atoms with Crippen molar-refractivity contribution in [1.29, 1.82) is 0 Å². The first-order valence-electron chi connectivity index (χ1n) is 6.91. The van der Waals surface area contributed by atoms with Crippen LogP contribution in [-0.2, 0) is 4.79 Å². The summed E-state index contributed by atoms with van der Waals surface area (Å²) in [6, 6.07) is 8.30. The van der Waals surface area contributed by atoms with E-state index in [1.807, 2.05) is 18.2 Å². The van der Waals surface area contributed by atoms with Gasteiger partial charge in [0.15, 0.2) is 5.11 Å². The highest BCUT2D eigenvalue weighted by molar-refractivity contribution is 7.80. The zero-order chi connectivity index (χ0) is 13.9. The normalized spacial score (nSPS) is 21.0. The van der Waals surface area contributed by atoms with Crippen LogP contribution in [0.3, 0.4) is 0 Å². The summed E-state index contributed by atoms with van der Waals surface area (Å²) < 4.78 is 0. The molecule has 2 aliphatic heterocycles. The van der Waals surface area contributed by atoms with Gasteiger partial charge in [-0.15, -0.1) is 0 Å². The van der Waals surface area contributed by atoms with Gasteiger partial charge in [0.05, 0.1) is 0 Å². The van der Waals surface area contributed by atoms with Crippen molar-refractivity contribution in [3.63, 3.8) is 0 Å². The number of hydrogen-bond donors (Lipinski definition) is 2. The van der Waals surface area contributed by atoms with Gasteiger partial charge in [-0.2, -0.15) is 0 Å². The molecule has 5 heteroatoms. The van der Waals surface area contributed by atoms with Crippen LogP contribution in [0.25, 0.3) is 6.08 Å². The molecule has 2 N–H and O–H groups in total. The van der Waals surface area contributed by atoms with Crippen molar-refractivity contribution in [2.75, 3.05) is 18.0 Å². The van der Waals surface area contributed by atoms with E-state index in [0.717, 1.165) is 18.7 Å². The first-order chi connectivity index (χ1) is 9.72. The summed E-state index contributed by atoms with van der Waals surface area (Å²) in [5, 5.41) is 5.77. The molecule has 2 fully saturated rings. The molecule has 0 bridgehead atoms. The van der Waals surface area contributed by atoms with Gasteiger partial charge in [0.1, 0.15) is 5.70 Å². The van der Waals surface area contributed by atoms with Crippen LogP contribution in [0.5, 0.6) is 0 Å². The number of piperidine rings is 1. The van der Waals surface area contributed by atoms with Crippen molar-refractivity contribution in [3.8, 4) is 0 Å². The number of anilines is 1. The Kier molecular flexibility index (Phi) is 3.69. The summed E-state index contributed by atoms with van der Waals surface area (Å²) in [5.41, 5.74) is 2.75. The second kappa shape index (κ2) is 5.63. The van der Waals surface area contributed by atoms with Gasteiger partial charge in [0, 0.05) is 18.8 Å². The highest BCUT2D eigenvalue weighted by Gasteiger charge is 2.19. The molecule has 1 amide bonds. The maximum Gasteiger partial charge on any atom is 0.273 e. The van der Waals surface area contributed by atoms with Crippen molar-refractivity contribution in [2.45, 2.75) is 19.3 Å². The summed E-state index contributed by atoms with van der Waals surface area (Å²) in [4.78, 5) is 14.0. The van der Waals surface area contributed by atoms with Crippen LogP contribution in [0.15, 0.2) is 30.0 Å². The van der Waals surface area contributed by atoms with E-state index in [4.69, 9.17) is 12.2 Å². The monoisotopic (exact) mass is 287 g/mol. The minimum absolute atomic E-state index is 0.171. The predicted molar refractivity (Wildman–Crippen MR) is 84.4 cm³/mol. The molecule has 2 saturated heterocycles. The zero-order valence-electron chi connectivity index (χ0n) is 11.2. The molecule has 0 atom stereocenters. The average molecular weight is 287 g/mol. The van der Waals surface area contributed by atoms with Gasteiger partial charge in [-0.1, -0.05) is 12.1 Å². The zero-order valence-corrected chi connectivity index (χ0v) is 12.0. The Labute approximate surface area is 123 Å². The van der Waals surface area contributed by atoms with Gasteiger partial charge in [0.2, 0.25) is 0 Å². The second-order valence-corrected chi connectivity index (χ2v) is 5.51. The fourth-order valence-electron chi connectivity index (χ4n) is 2.58. The summed E-state index contributed by atoms with van der Waals surface area (Å²) in [5.74, 6) is -0.171. The topological polar surface area (TPSA) is 44.4 Å². The fourth-order valence-corrected chi connectivity index (χ4v) is 2.79. The van der Waals surface area contributed by atoms with Crippen molar-refractivity contribution in [3.05, 3.63) is 35.5 Å². The Morgan fingerprint density at radius 2 is 1.75 bits per heavy atom. The Morgan fingerprint density at radius 3 is 2.35 bits per heavy atom. The summed E-state index contributed by atoms with van der Waals surface area (Å²) in [6.07, 6.45) is 5.69. The lowest BCUT2D eigenvalue weighted by molar-refractivity contribution is -0.115. The van der Waals surface area contributed by atoms with Crippen LogP contribution in [0.4, 0.5) is 5.69 Å². The molecular formula is C15H17N3OS. The third-order valence-corrected chi connectivity index (χ3v) is 3.85. The lowest BCUT2D eigenvalue weighted by Crippen LogP contribution is -2.29. The Morgan fingerprint density at radius 1 is 1.05 bits per heavy atom. The maximum atomic E-state index is 11.6. The molecule has 0 unspecified atom stereocenters. The van der Waals surface area contributed by atoms with E-state index >= 15 is 0 Å². The van der Waals surface area contributed by atoms with Crippen molar-refractivity contribution < 1.29 is 4.79 Å². The molecule has 1 aromatic rings. The van der Waals surface area contributed by atoms with E-state index in [9.17, 15) is 4.79 Å². The maximum absolute atomic E-state index is 11.6. The number of nitrogens with zero attached hydrogens (tertiary/aromatic N) is 1. The molecule has 0 radical (unpaired) electrons. The molecule has 0 aliphatic carbocycles. The molecule has 104 valence electrons. The van der Waals surface area contributed by atoms with Crippen molar-refractivity contribution in [1.82, 2.24) is 10.6 Å². The molecule has 0 aromatic heterocycles. The highest BCUT2D eigenvalue weighted by atomic mass is 32.1. The molecular weight excluding hydrogens is 270 g/mol. The van der Waals surface area contributed by atoms with E-state index in [2.05, 4.69) is 27.7 Å². The quantitative estimate of drug-likeness (QED) is 0.645. The van der Waals surface area contributed by atoms with E-state index in [0.29, 0.717) is 10.8 Å². The van der Waals surface area contributed by atoms with Gasteiger partial charge < -0.3 is 10.2 Å². The fraction of sp³-hybridized carbons (Fsp3) is 0.333.